The van der Waals surface area contributed by atoms with E-state index in [1.54, 1.807) is 43.3 Å². The minimum atomic E-state index is -3.49. The molecule has 0 bridgehead atoms. The lowest BCUT2D eigenvalue weighted by Crippen LogP contribution is -2.46. The summed E-state index contributed by atoms with van der Waals surface area (Å²) in [5.74, 6) is -0.282. The first-order valence-corrected chi connectivity index (χ1v) is 10.5. The van der Waals surface area contributed by atoms with Gasteiger partial charge in [0.15, 0.2) is 0 Å². The second kappa shape index (κ2) is 8.64. The van der Waals surface area contributed by atoms with E-state index in [4.69, 9.17) is 0 Å². The van der Waals surface area contributed by atoms with E-state index in [-0.39, 0.29) is 10.8 Å². The molecule has 1 amide bonds. The molecule has 0 spiro atoms. The lowest BCUT2D eigenvalue weighted by atomic mass is 10.1. The van der Waals surface area contributed by atoms with Crippen LogP contribution < -0.4 is 10.7 Å². The van der Waals surface area contributed by atoms with Crippen molar-refractivity contribution < 1.29 is 13.2 Å². The van der Waals surface area contributed by atoms with Crippen LogP contribution in [0.15, 0.2) is 58.5 Å². The quantitative estimate of drug-likeness (QED) is 0.591. The van der Waals surface area contributed by atoms with Gasteiger partial charge in [-0.3, -0.25) is 4.79 Å². The van der Waals surface area contributed by atoms with Crippen LogP contribution >= 0.6 is 0 Å². The molecular formula is C20H24N4O3S. The molecule has 0 saturated carbocycles. The summed E-state index contributed by atoms with van der Waals surface area (Å²) >= 11 is 0. The van der Waals surface area contributed by atoms with Gasteiger partial charge >= 0.3 is 0 Å². The Kier molecular flexibility index (Phi) is 6.23. The first kappa shape index (κ1) is 20.2. The normalized spacial score (nSPS) is 16.0. The van der Waals surface area contributed by atoms with Crippen LogP contribution in [0.4, 0.5) is 0 Å². The predicted octanol–water partition coefficient (Wildman–Crippen LogP) is 1.74. The topological polar surface area (TPSA) is 90.9 Å². The van der Waals surface area contributed by atoms with E-state index < -0.39 is 10.0 Å². The number of amides is 1. The molecule has 0 radical (unpaired) electrons. The van der Waals surface area contributed by atoms with Crippen LogP contribution in [0, 0.1) is 6.92 Å². The third-order valence-electron chi connectivity index (χ3n) is 4.70. The number of hydrogen-bond acceptors (Lipinski definition) is 5. The number of carbonyl (C=O) groups is 1. The molecule has 1 heterocycles. The number of piperazine rings is 1. The van der Waals surface area contributed by atoms with Crippen LogP contribution in [-0.2, 0) is 10.0 Å². The standard InChI is InChI=1S/C20H24N4O3S/c1-15-5-3-4-6-19(15)20(25)23-22-16(2)17-7-9-18(10-8-17)28(26,27)24-13-11-21-12-14-24/h3-10,21H,11-14H2,1-2H3,(H,23,25)/b22-16-. The summed E-state index contributed by atoms with van der Waals surface area (Å²) in [6.45, 7) is 5.87. The number of hydrazone groups is 1. The molecule has 0 aliphatic carbocycles. The summed E-state index contributed by atoms with van der Waals surface area (Å²) in [5, 5.41) is 7.29. The van der Waals surface area contributed by atoms with Gasteiger partial charge < -0.3 is 5.32 Å². The third kappa shape index (κ3) is 4.46. The first-order valence-electron chi connectivity index (χ1n) is 9.11. The predicted molar refractivity (Wildman–Crippen MR) is 109 cm³/mol. The summed E-state index contributed by atoms with van der Waals surface area (Å²) in [5.41, 5.74) is 5.32. The van der Waals surface area contributed by atoms with Gasteiger partial charge in [-0.25, -0.2) is 13.8 Å². The van der Waals surface area contributed by atoms with Crippen molar-refractivity contribution in [3.05, 3.63) is 65.2 Å². The molecule has 2 aromatic carbocycles. The maximum Gasteiger partial charge on any atom is 0.271 e. The molecule has 1 fully saturated rings. The molecule has 7 nitrogen and oxygen atoms in total. The maximum atomic E-state index is 12.7. The van der Waals surface area contributed by atoms with Crippen LogP contribution in [-0.4, -0.2) is 50.5 Å². The Bertz CT molecular complexity index is 979. The van der Waals surface area contributed by atoms with Crippen molar-refractivity contribution >= 4 is 21.6 Å². The van der Waals surface area contributed by atoms with Crippen molar-refractivity contribution in [2.75, 3.05) is 26.2 Å². The summed E-state index contributed by atoms with van der Waals surface area (Å²) in [4.78, 5) is 12.5. The minimum absolute atomic E-state index is 0.259. The van der Waals surface area contributed by atoms with Gasteiger partial charge in [0.2, 0.25) is 10.0 Å². The molecule has 1 aliphatic rings. The maximum absolute atomic E-state index is 12.7. The van der Waals surface area contributed by atoms with E-state index in [2.05, 4.69) is 15.8 Å². The van der Waals surface area contributed by atoms with E-state index in [1.165, 1.54) is 4.31 Å². The smallest absolute Gasteiger partial charge is 0.271 e. The highest BCUT2D eigenvalue weighted by atomic mass is 32.2. The van der Waals surface area contributed by atoms with E-state index >= 15 is 0 Å². The summed E-state index contributed by atoms with van der Waals surface area (Å²) in [6.07, 6.45) is 0. The van der Waals surface area contributed by atoms with Gasteiger partial charge in [0, 0.05) is 31.7 Å². The molecule has 148 valence electrons. The Hall–Kier alpha value is -2.55. The fourth-order valence-corrected chi connectivity index (χ4v) is 4.43. The second-order valence-corrected chi connectivity index (χ2v) is 8.57. The van der Waals surface area contributed by atoms with E-state index in [0.29, 0.717) is 37.5 Å². The number of aryl methyl sites for hydroxylation is 1. The number of rotatable bonds is 5. The van der Waals surface area contributed by atoms with E-state index in [1.807, 2.05) is 19.1 Å². The first-order chi connectivity index (χ1) is 13.4. The molecule has 28 heavy (non-hydrogen) atoms. The van der Waals surface area contributed by atoms with Crippen molar-refractivity contribution in [2.24, 2.45) is 5.10 Å². The van der Waals surface area contributed by atoms with Gasteiger partial charge in [-0.1, -0.05) is 30.3 Å². The van der Waals surface area contributed by atoms with Crippen molar-refractivity contribution in [1.82, 2.24) is 15.0 Å². The van der Waals surface area contributed by atoms with Gasteiger partial charge in [0.1, 0.15) is 0 Å². The minimum Gasteiger partial charge on any atom is -0.314 e. The molecule has 0 aromatic heterocycles. The Morgan fingerprint density at radius 1 is 1.07 bits per heavy atom. The lowest BCUT2D eigenvalue weighted by Gasteiger charge is -2.26. The molecule has 0 atom stereocenters. The SMILES string of the molecule is C/C(=N/NC(=O)c1ccccc1C)c1ccc(S(=O)(=O)N2CCNCC2)cc1. The summed E-state index contributed by atoms with van der Waals surface area (Å²) in [7, 11) is -3.49. The van der Waals surface area contributed by atoms with Gasteiger partial charge in [0.05, 0.1) is 10.6 Å². The average Bonchev–Trinajstić information content (AvgIpc) is 2.73. The largest absolute Gasteiger partial charge is 0.314 e. The van der Waals surface area contributed by atoms with Gasteiger partial charge in [0.25, 0.3) is 5.91 Å². The van der Waals surface area contributed by atoms with Crippen molar-refractivity contribution in [2.45, 2.75) is 18.7 Å². The highest BCUT2D eigenvalue weighted by molar-refractivity contribution is 7.89. The lowest BCUT2D eigenvalue weighted by molar-refractivity contribution is 0.0954. The van der Waals surface area contributed by atoms with Crippen LogP contribution in [0.5, 0.6) is 0 Å². The average molecular weight is 401 g/mol. The van der Waals surface area contributed by atoms with Gasteiger partial charge in [-0.15, -0.1) is 0 Å². The number of sulfonamides is 1. The Labute approximate surface area is 165 Å². The zero-order chi connectivity index (χ0) is 20.1. The molecule has 2 N–H and O–H groups in total. The molecule has 2 aromatic rings. The van der Waals surface area contributed by atoms with Gasteiger partial charge in [-0.2, -0.15) is 9.41 Å². The fourth-order valence-electron chi connectivity index (χ4n) is 2.99. The fraction of sp³-hybridized carbons (Fsp3) is 0.300. The molecular weight excluding hydrogens is 376 g/mol. The number of nitrogens with zero attached hydrogens (tertiary/aromatic N) is 2. The number of nitrogens with one attached hydrogen (secondary N) is 2. The summed E-state index contributed by atoms with van der Waals surface area (Å²) < 4.78 is 26.9. The van der Waals surface area contributed by atoms with Gasteiger partial charge in [-0.05, 0) is 43.2 Å². The van der Waals surface area contributed by atoms with E-state index in [9.17, 15) is 13.2 Å². The van der Waals surface area contributed by atoms with Crippen LogP contribution in [0.1, 0.15) is 28.4 Å². The van der Waals surface area contributed by atoms with Crippen LogP contribution in [0.2, 0.25) is 0 Å². The Balaban J connectivity index is 1.71. The van der Waals surface area contributed by atoms with Crippen LogP contribution in [0.3, 0.4) is 0 Å². The molecule has 1 saturated heterocycles. The number of carbonyl (C=O) groups excluding carboxylic acids is 1. The highest BCUT2D eigenvalue weighted by Gasteiger charge is 2.25. The highest BCUT2D eigenvalue weighted by Crippen LogP contribution is 2.17. The third-order valence-corrected chi connectivity index (χ3v) is 6.61. The second-order valence-electron chi connectivity index (χ2n) is 6.63. The zero-order valence-electron chi connectivity index (χ0n) is 16.0. The Morgan fingerprint density at radius 3 is 2.36 bits per heavy atom. The molecule has 3 rings (SSSR count). The monoisotopic (exact) mass is 400 g/mol. The Morgan fingerprint density at radius 2 is 1.71 bits per heavy atom. The van der Waals surface area contributed by atoms with Crippen LogP contribution in [0.25, 0.3) is 0 Å². The van der Waals surface area contributed by atoms with Crippen molar-refractivity contribution in [3.8, 4) is 0 Å². The zero-order valence-corrected chi connectivity index (χ0v) is 16.8. The molecule has 1 aliphatic heterocycles. The van der Waals surface area contributed by atoms with Crippen molar-refractivity contribution in [1.29, 1.82) is 0 Å². The van der Waals surface area contributed by atoms with E-state index in [0.717, 1.165) is 11.1 Å². The number of hydrogen-bond donors (Lipinski definition) is 2. The molecule has 8 heteroatoms. The van der Waals surface area contributed by atoms with Crippen molar-refractivity contribution in [3.63, 3.8) is 0 Å². The summed E-state index contributed by atoms with van der Waals surface area (Å²) in [6, 6.07) is 13.8. The number of benzene rings is 2. The molecule has 0 unspecified atom stereocenters.